The summed E-state index contributed by atoms with van der Waals surface area (Å²) in [6.07, 6.45) is -0.136. The monoisotopic (exact) mass is 317 g/mol. The minimum absolute atomic E-state index is 0.0551. The summed E-state index contributed by atoms with van der Waals surface area (Å²) >= 11 is 0. The van der Waals surface area contributed by atoms with Gasteiger partial charge in [0.15, 0.2) is 5.82 Å². The van der Waals surface area contributed by atoms with Gasteiger partial charge < -0.3 is 14.9 Å². The number of carbonyl (C=O) groups excluding carboxylic acids is 1. The molecule has 23 heavy (non-hydrogen) atoms. The summed E-state index contributed by atoms with van der Waals surface area (Å²) in [4.78, 5) is 27.1. The van der Waals surface area contributed by atoms with Gasteiger partial charge in [-0.3, -0.25) is 9.59 Å². The Morgan fingerprint density at radius 3 is 2.57 bits per heavy atom. The molecule has 0 aliphatic heterocycles. The Morgan fingerprint density at radius 1 is 1.26 bits per heavy atom. The lowest BCUT2D eigenvalue weighted by Crippen LogP contribution is -2.26. The van der Waals surface area contributed by atoms with Crippen LogP contribution < -0.4 is 5.32 Å². The number of hydrogen-bond acceptors (Lipinski definition) is 5. The maximum atomic E-state index is 12.2. The molecule has 2 rings (SSSR count). The third-order valence-corrected chi connectivity index (χ3v) is 3.12. The number of benzene rings is 1. The molecule has 7 nitrogen and oxygen atoms in total. The number of aliphatic carboxylic acids is 1. The smallest absolute Gasteiger partial charge is 0.305 e. The number of carboxylic acid groups (broad SMARTS) is 1. The van der Waals surface area contributed by atoms with Crippen molar-refractivity contribution in [2.45, 2.75) is 32.6 Å². The van der Waals surface area contributed by atoms with Gasteiger partial charge in [0.2, 0.25) is 0 Å². The summed E-state index contributed by atoms with van der Waals surface area (Å²) in [7, 11) is 0. The molecular formula is C16H19N3O4. The van der Waals surface area contributed by atoms with Crippen LogP contribution in [0.2, 0.25) is 0 Å². The molecule has 2 N–H and O–H groups in total. The molecule has 2 aromatic rings. The molecule has 7 heteroatoms. The predicted molar refractivity (Wildman–Crippen MR) is 83.0 cm³/mol. The Kier molecular flexibility index (Phi) is 4.78. The lowest BCUT2D eigenvalue weighted by Gasteiger charge is -2.11. The normalized spacial score (nSPS) is 11.3. The van der Waals surface area contributed by atoms with E-state index < -0.39 is 5.97 Å². The average Bonchev–Trinajstić information content (AvgIpc) is 2.96. The van der Waals surface area contributed by atoms with Crippen LogP contribution in [0, 0.1) is 0 Å². The van der Waals surface area contributed by atoms with E-state index in [-0.39, 0.29) is 30.2 Å². The molecule has 0 saturated carbocycles. The molecule has 0 aliphatic rings. The predicted octanol–water partition coefficient (Wildman–Crippen LogP) is 2.24. The van der Waals surface area contributed by atoms with E-state index >= 15 is 0 Å². The Hall–Kier alpha value is -2.70. The number of rotatable bonds is 5. The second-order valence-electron chi connectivity index (χ2n) is 6.12. The highest BCUT2D eigenvalue weighted by molar-refractivity contribution is 6.00. The van der Waals surface area contributed by atoms with Crippen molar-refractivity contribution in [2.75, 3.05) is 6.54 Å². The molecule has 0 saturated heterocycles. The van der Waals surface area contributed by atoms with Gasteiger partial charge in [-0.25, -0.2) is 0 Å². The number of nitrogens with zero attached hydrogens (tertiary/aromatic N) is 2. The molecule has 0 fully saturated rings. The molecule has 0 unspecified atom stereocenters. The summed E-state index contributed by atoms with van der Waals surface area (Å²) in [6, 6.07) is 6.83. The summed E-state index contributed by atoms with van der Waals surface area (Å²) in [5.41, 5.74) is 0.616. The fraction of sp³-hybridized carbons (Fsp3) is 0.375. The van der Waals surface area contributed by atoms with E-state index in [1.165, 1.54) is 0 Å². The quantitative estimate of drug-likeness (QED) is 0.876. The van der Waals surface area contributed by atoms with Crippen LogP contribution in [-0.4, -0.2) is 33.7 Å². The summed E-state index contributed by atoms with van der Waals surface area (Å²) in [6.45, 7) is 5.95. The highest BCUT2D eigenvalue weighted by Gasteiger charge is 2.23. The molecule has 0 radical (unpaired) electrons. The van der Waals surface area contributed by atoms with E-state index in [1.807, 2.05) is 20.8 Å². The van der Waals surface area contributed by atoms with Crippen LogP contribution in [-0.2, 0) is 10.2 Å². The van der Waals surface area contributed by atoms with E-state index in [2.05, 4.69) is 15.5 Å². The number of amides is 1. The Bertz CT molecular complexity index is 716. The van der Waals surface area contributed by atoms with Crippen molar-refractivity contribution in [2.24, 2.45) is 0 Å². The number of hydrogen-bond donors (Lipinski definition) is 2. The largest absolute Gasteiger partial charge is 0.481 e. The van der Waals surface area contributed by atoms with Gasteiger partial charge in [0.25, 0.3) is 11.8 Å². The molecular weight excluding hydrogens is 298 g/mol. The van der Waals surface area contributed by atoms with Crippen molar-refractivity contribution < 1.29 is 19.2 Å². The van der Waals surface area contributed by atoms with Gasteiger partial charge in [0, 0.05) is 12.0 Å². The second kappa shape index (κ2) is 6.60. The molecule has 1 aromatic heterocycles. The third-order valence-electron chi connectivity index (χ3n) is 3.12. The lowest BCUT2D eigenvalue weighted by atomic mass is 9.96. The first-order valence-electron chi connectivity index (χ1n) is 7.22. The zero-order valence-electron chi connectivity index (χ0n) is 13.3. The topological polar surface area (TPSA) is 105 Å². The first-order chi connectivity index (χ1) is 10.8. The molecule has 0 aliphatic carbocycles. The van der Waals surface area contributed by atoms with Gasteiger partial charge in [0.05, 0.1) is 17.5 Å². The minimum atomic E-state index is -0.967. The van der Waals surface area contributed by atoms with Crippen molar-refractivity contribution >= 4 is 11.9 Å². The van der Waals surface area contributed by atoms with Crippen molar-refractivity contribution in [3.05, 3.63) is 35.7 Å². The zero-order chi connectivity index (χ0) is 17.0. The molecule has 122 valence electrons. The van der Waals surface area contributed by atoms with Crippen LogP contribution in [0.4, 0.5) is 0 Å². The summed E-state index contributed by atoms with van der Waals surface area (Å²) in [5, 5.41) is 15.1. The SMILES string of the molecule is CC(C)(C)c1noc(-c2ccccc2C(=O)NCCC(=O)O)n1. The summed E-state index contributed by atoms with van der Waals surface area (Å²) < 4.78 is 5.28. The van der Waals surface area contributed by atoms with Gasteiger partial charge in [0.1, 0.15) is 0 Å². The van der Waals surface area contributed by atoms with Gasteiger partial charge in [-0.1, -0.05) is 38.1 Å². The fourth-order valence-corrected chi connectivity index (χ4v) is 1.88. The van der Waals surface area contributed by atoms with Gasteiger partial charge in [-0.2, -0.15) is 4.98 Å². The molecule has 0 atom stereocenters. The zero-order valence-corrected chi connectivity index (χ0v) is 13.3. The van der Waals surface area contributed by atoms with Crippen molar-refractivity contribution in [3.8, 4) is 11.5 Å². The van der Waals surface area contributed by atoms with E-state index in [0.717, 1.165) is 0 Å². The first kappa shape index (κ1) is 16.7. The first-order valence-corrected chi connectivity index (χ1v) is 7.22. The number of carboxylic acids is 1. The molecule has 1 amide bonds. The summed E-state index contributed by atoms with van der Waals surface area (Å²) in [5.74, 6) is -0.532. The Balaban J connectivity index is 2.25. The standard InChI is InChI=1S/C16H19N3O4/c1-16(2,3)15-18-14(23-19-15)11-7-5-4-6-10(11)13(22)17-9-8-12(20)21/h4-7H,8-9H2,1-3H3,(H,17,22)(H,20,21). The van der Waals surface area contributed by atoms with Crippen LogP contribution in [0.15, 0.2) is 28.8 Å². The van der Waals surface area contributed by atoms with E-state index in [9.17, 15) is 9.59 Å². The van der Waals surface area contributed by atoms with Crippen molar-refractivity contribution in [3.63, 3.8) is 0 Å². The van der Waals surface area contributed by atoms with Crippen LogP contribution in [0.3, 0.4) is 0 Å². The highest BCUT2D eigenvalue weighted by atomic mass is 16.5. The van der Waals surface area contributed by atoms with E-state index in [0.29, 0.717) is 17.0 Å². The van der Waals surface area contributed by atoms with E-state index in [1.54, 1.807) is 24.3 Å². The lowest BCUT2D eigenvalue weighted by molar-refractivity contribution is -0.136. The van der Waals surface area contributed by atoms with Crippen molar-refractivity contribution in [1.29, 1.82) is 0 Å². The Labute approximate surface area is 133 Å². The van der Waals surface area contributed by atoms with Crippen LogP contribution in [0.25, 0.3) is 11.5 Å². The van der Waals surface area contributed by atoms with Crippen molar-refractivity contribution in [1.82, 2.24) is 15.5 Å². The number of nitrogens with one attached hydrogen (secondary N) is 1. The minimum Gasteiger partial charge on any atom is -0.481 e. The van der Waals surface area contributed by atoms with Crippen LogP contribution >= 0.6 is 0 Å². The number of carbonyl (C=O) groups is 2. The van der Waals surface area contributed by atoms with Gasteiger partial charge in [-0.05, 0) is 12.1 Å². The number of aromatic nitrogens is 2. The van der Waals surface area contributed by atoms with Crippen LogP contribution in [0.5, 0.6) is 0 Å². The molecule has 1 heterocycles. The highest BCUT2D eigenvalue weighted by Crippen LogP contribution is 2.26. The average molecular weight is 317 g/mol. The van der Waals surface area contributed by atoms with Gasteiger partial charge >= 0.3 is 5.97 Å². The third kappa shape index (κ3) is 4.15. The molecule has 1 aromatic carbocycles. The molecule has 0 bridgehead atoms. The maximum absolute atomic E-state index is 12.2. The maximum Gasteiger partial charge on any atom is 0.305 e. The second-order valence-corrected chi connectivity index (χ2v) is 6.12. The van der Waals surface area contributed by atoms with Crippen LogP contribution in [0.1, 0.15) is 43.4 Å². The molecule has 0 spiro atoms. The van der Waals surface area contributed by atoms with E-state index in [4.69, 9.17) is 9.63 Å². The van der Waals surface area contributed by atoms with Gasteiger partial charge in [-0.15, -0.1) is 0 Å². The Morgan fingerprint density at radius 2 is 1.96 bits per heavy atom. The fourth-order valence-electron chi connectivity index (χ4n) is 1.88.